The fraction of sp³-hybridized carbons (Fsp3) is 0.167. The van der Waals surface area contributed by atoms with Gasteiger partial charge in [-0.05, 0) is 53.1 Å². The Balaban J connectivity index is 1.80. The number of nitriles is 1. The van der Waals surface area contributed by atoms with E-state index in [9.17, 15) is 18.8 Å². The minimum atomic E-state index is -1.68. The number of halogens is 2. The van der Waals surface area contributed by atoms with E-state index in [1.54, 1.807) is 6.07 Å². The van der Waals surface area contributed by atoms with Gasteiger partial charge in [0, 0.05) is 30.8 Å². The first-order valence-corrected chi connectivity index (χ1v) is 10.1. The van der Waals surface area contributed by atoms with E-state index < -0.39 is 23.2 Å². The molecule has 9 heteroatoms. The van der Waals surface area contributed by atoms with Crippen LogP contribution >= 0.6 is 0 Å². The van der Waals surface area contributed by atoms with Crippen LogP contribution in [0.3, 0.4) is 0 Å². The van der Waals surface area contributed by atoms with Crippen LogP contribution in [0.5, 0.6) is 5.75 Å². The van der Waals surface area contributed by atoms with E-state index in [1.165, 1.54) is 48.5 Å². The number of guanidine groups is 1. The van der Waals surface area contributed by atoms with Gasteiger partial charge in [-0.1, -0.05) is 6.07 Å². The Morgan fingerprint density at radius 3 is 2.70 bits per heavy atom. The topological polar surface area (TPSA) is 105 Å². The lowest BCUT2D eigenvalue weighted by atomic mass is 9.80. The van der Waals surface area contributed by atoms with Crippen molar-refractivity contribution in [3.63, 3.8) is 0 Å². The Labute approximate surface area is 187 Å². The van der Waals surface area contributed by atoms with Gasteiger partial charge in [-0.2, -0.15) is 9.65 Å². The molecule has 1 unspecified atom stereocenters. The highest BCUT2D eigenvalue weighted by molar-refractivity contribution is 6.09. The smallest absolute Gasteiger partial charge is 0.266 e. The van der Waals surface area contributed by atoms with Gasteiger partial charge in [-0.25, -0.2) is 14.4 Å². The van der Waals surface area contributed by atoms with Gasteiger partial charge < -0.3 is 10.5 Å². The first kappa shape index (κ1) is 20.6. The summed E-state index contributed by atoms with van der Waals surface area (Å²) >= 11 is 0. The summed E-state index contributed by atoms with van der Waals surface area (Å²) < 4.78 is 34.7. The highest BCUT2D eigenvalue weighted by Gasteiger charge is 2.50. The number of carbonyl (C=O) groups excluding carboxylic acids is 1. The summed E-state index contributed by atoms with van der Waals surface area (Å²) in [6, 6.07) is 12.2. The number of rotatable bonds is 3. The van der Waals surface area contributed by atoms with Gasteiger partial charge in [0.15, 0.2) is 11.5 Å². The number of amides is 1. The monoisotopic (exact) mass is 445 g/mol. The van der Waals surface area contributed by atoms with E-state index in [1.807, 2.05) is 0 Å². The number of pyridine rings is 1. The lowest BCUT2D eigenvalue weighted by molar-refractivity contribution is -0.129. The lowest BCUT2D eigenvalue weighted by Gasteiger charge is -2.27. The molecule has 3 aromatic rings. The molecular weight excluding hydrogens is 428 g/mol. The van der Waals surface area contributed by atoms with Crippen LogP contribution in [0, 0.1) is 23.1 Å². The molecule has 7 nitrogen and oxygen atoms in total. The third kappa shape index (κ3) is 2.95. The Bertz CT molecular complexity index is 1400. The summed E-state index contributed by atoms with van der Waals surface area (Å²) in [5.41, 5.74) is 5.92. The standard InChI is InChI=1S/C24H17F2N5O2/c1-31-22(32)24(30-23(31)28,16-9-13-6-8-33-20(13)14(10-16)12-27)15-4-5-19(25)18(11-15)17-3-2-7-29-21(17)26/h2-5,7,9-11H,6,8H2,1H3,(H2,28,30). The lowest BCUT2D eigenvalue weighted by Crippen LogP contribution is -2.41. The Kier molecular flexibility index (Phi) is 4.60. The molecule has 0 bridgehead atoms. The van der Waals surface area contributed by atoms with Crippen LogP contribution in [-0.4, -0.2) is 35.4 Å². The minimum absolute atomic E-state index is 0.0336. The second-order valence-electron chi connectivity index (χ2n) is 7.80. The average Bonchev–Trinajstić information content (AvgIpc) is 3.38. The Morgan fingerprint density at radius 1 is 1.18 bits per heavy atom. The van der Waals surface area contributed by atoms with Crippen LogP contribution in [0.15, 0.2) is 53.7 Å². The van der Waals surface area contributed by atoms with Gasteiger partial charge in [0.2, 0.25) is 5.95 Å². The number of nitrogens with zero attached hydrogens (tertiary/aromatic N) is 4. The summed E-state index contributed by atoms with van der Waals surface area (Å²) in [5, 5.41) is 9.67. The van der Waals surface area contributed by atoms with Crippen molar-refractivity contribution >= 4 is 11.9 Å². The number of carbonyl (C=O) groups is 1. The fourth-order valence-electron chi connectivity index (χ4n) is 4.33. The second kappa shape index (κ2) is 7.38. The third-order valence-electron chi connectivity index (χ3n) is 6.00. The first-order chi connectivity index (χ1) is 15.9. The van der Waals surface area contributed by atoms with Crippen molar-refractivity contribution in [2.45, 2.75) is 12.0 Å². The van der Waals surface area contributed by atoms with Crippen molar-refractivity contribution in [2.75, 3.05) is 13.7 Å². The van der Waals surface area contributed by atoms with Crippen molar-refractivity contribution < 1.29 is 18.3 Å². The minimum Gasteiger partial charge on any atom is -0.492 e. The number of nitrogens with two attached hydrogens (primary N) is 1. The molecule has 1 amide bonds. The summed E-state index contributed by atoms with van der Waals surface area (Å²) in [6.45, 7) is 0.417. The summed E-state index contributed by atoms with van der Waals surface area (Å²) in [6.07, 6.45) is 1.82. The van der Waals surface area contributed by atoms with Gasteiger partial charge >= 0.3 is 0 Å². The van der Waals surface area contributed by atoms with Gasteiger partial charge in [0.1, 0.15) is 17.6 Å². The number of benzene rings is 2. The quantitative estimate of drug-likeness (QED) is 0.625. The highest BCUT2D eigenvalue weighted by Crippen LogP contribution is 2.44. The van der Waals surface area contributed by atoms with Gasteiger partial charge in [-0.15, -0.1) is 0 Å². The molecule has 164 valence electrons. The van der Waals surface area contributed by atoms with Crippen LogP contribution in [0.4, 0.5) is 8.78 Å². The Morgan fingerprint density at radius 2 is 2.00 bits per heavy atom. The summed E-state index contributed by atoms with van der Waals surface area (Å²) in [7, 11) is 1.48. The van der Waals surface area contributed by atoms with Gasteiger partial charge in [0.05, 0.1) is 12.2 Å². The molecule has 0 aliphatic carbocycles. The molecule has 0 saturated carbocycles. The Hall–Kier alpha value is -4.32. The summed E-state index contributed by atoms with van der Waals surface area (Å²) in [5.74, 6) is -1.57. The first-order valence-electron chi connectivity index (χ1n) is 10.1. The molecule has 0 fully saturated rings. The van der Waals surface area contributed by atoms with Crippen molar-refractivity contribution in [3.8, 4) is 22.9 Å². The number of likely N-dealkylation sites (N-methyl/N-ethyl adjacent to an activating group) is 1. The molecule has 0 radical (unpaired) electrons. The maximum absolute atomic E-state index is 14.8. The average molecular weight is 445 g/mol. The molecule has 1 atom stereocenters. The zero-order valence-corrected chi connectivity index (χ0v) is 17.5. The molecule has 0 spiro atoms. The molecule has 5 rings (SSSR count). The zero-order valence-electron chi connectivity index (χ0n) is 17.5. The van der Waals surface area contributed by atoms with E-state index in [2.05, 4.69) is 16.0 Å². The van der Waals surface area contributed by atoms with Gasteiger partial charge in [0.25, 0.3) is 5.91 Å². The number of fused-ring (bicyclic) bond motifs is 1. The SMILES string of the molecule is CN1C(=O)C(c2cc(C#N)c3c(c2)CCO3)(c2ccc(F)c(-c3cccnc3F)c2)N=C1N. The number of aliphatic imine (C=N–C) groups is 1. The van der Waals surface area contributed by atoms with Crippen LogP contribution in [0.25, 0.3) is 11.1 Å². The fourth-order valence-corrected chi connectivity index (χ4v) is 4.33. The number of hydrogen-bond acceptors (Lipinski definition) is 6. The zero-order chi connectivity index (χ0) is 23.3. The molecular formula is C24H17F2N5O2. The second-order valence-corrected chi connectivity index (χ2v) is 7.80. The van der Waals surface area contributed by atoms with Crippen LogP contribution in [0.1, 0.15) is 22.3 Å². The van der Waals surface area contributed by atoms with Gasteiger partial charge in [-0.3, -0.25) is 9.69 Å². The summed E-state index contributed by atoms with van der Waals surface area (Å²) in [4.78, 5) is 22.9. The van der Waals surface area contributed by atoms with Crippen LogP contribution in [0.2, 0.25) is 0 Å². The van der Waals surface area contributed by atoms with Crippen molar-refractivity contribution in [3.05, 3.63) is 82.7 Å². The van der Waals surface area contributed by atoms with E-state index in [0.29, 0.717) is 24.3 Å². The molecule has 3 heterocycles. The van der Waals surface area contributed by atoms with Crippen molar-refractivity contribution in [1.29, 1.82) is 5.26 Å². The normalized spacial score (nSPS) is 19.2. The van der Waals surface area contributed by atoms with Crippen molar-refractivity contribution in [1.82, 2.24) is 9.88 Å². The molecule has 1 aromatic heterocycles. The predicted octanol–water partition coefficient (Wildman–Crippen LogP) is 2.86. The van der Waals surface area contributed by atoms with Crippen LogP contribution in [-0.2, 0) is 16.8 Å². The maximum Gasteiger partial charge on any atom is 0.266 e. The van der Waals surface area contributed by atoms with E-state index >= 15 is 0 Å². The third-order valence-corrected chi connectivity index (χ3v) is 6.00. The van der Waals surface area contributed by atoms with E-state index in [0.717, 1.165) is 11.6 Å². The molecule has 0 saturated heterocycles. The van der Waals surface area contributed by atoms with Crippen molar-refractivity contribution in [2.24, 2.45) is 10.7 Å². The number of aromatic nitrogens is 1. The maximum atomic E-state index is 14.8. The largest absolute Gasteiger partial charge is 0.492 e. The number of hydrogen-bond donors (Lipinski definition) is 1. The van der Waals surface area contributed by atoms with Crippen LogP contribution < -0.4 is 10.5 Å². The van der Waals surface area contributed by atoms with E-state index in [4.69, 9.17) is 10.5 Å². The molecule has 33 heavy (non-hydrogen) atoms. The molecule has 2 aromatic carbocycles. The van der Waals surface area contributed by atoms with E-state index in [-0.39, 0.29) is 28.2 Å². The highest BCUT2D eigenvalue weighted by atomic mass is 19.1. The molecule has 2 N–H and O–H groups in total. The molecule has 2 aliphatic heterocycles. The molecule has 2 aliphatic rings. The number of ether oxygens (including phenoxy) is 1. The predicted molar refractivity (Wildman–Crippen MR) is 115 cm³/mol.